The number of Topliss-reactive ketones (excluding diaryl/α,β-unsaturated/α-hetero) is 1. The fraction of sp³-hybridized carbons (Fsp3) is 0.429. The summed E-state index contributed by atoms with van der Waals surface area (Å²) in [6, 6.07) is 18.4. The van der Waals surface area contributed by atoms with E-state index < -0.39 is 54.4 Å². The summed E-state index contributed by atoms with van der Waals surface area (Å²) in [5.41, 5.74) is 3.08. The van der Waals surface area contributed by atoms with Crippen LogP contribution in [0.1, 0.15) is 79.5 Å². The van der Waals surface area contributed by atoms with Crippen molar-refractivity contribution in [2.45, 2.75) is 89.4 Å². The van der Waals surface area contributed by atoms with E-state index in [0.717, 1.165) is 27.6 Å². The first-order valence-electron chi connectivity index (χ1n) is 22.3. The summed E-state index contributed by atoms with van der Waals surface area (Å²) >= 11 is 3.24. The molecule has 2 amide bonds. The second-order valence-electron chi connectivity index (χ2n) is 17.2. The number of aryl methyl sites for hydroxylation is 1. The predicted octanol–water partition coefficient (Wildman–Crippen LogP) is 6.86. The molecule has 0 spiro atoms. The molecule has 14 nitrogen and oxygen atoms in total. The molecule has 0 saturated carbocycles. The van der Waals surface area contributed by atoms with Crippen molar-refractivity contribution in [3.8, 4) is 17.1 Å². The van der Waals surface area contributed by atoms with Crippen LogP contribution in [0.3, 0.4) is 0 Å². The number of oxazole rings is 1. The van der Waals surface area contributed by atoms with E-state index in [1.807, 2.05) is 74.3 Å². The van der Waals surface area contributed by atoms with Crippen LogP contribution in [0.25, 0.3) is 11.3 Å². The number of nitrogens with zero attached hydrogens (tertiary/aromatic N) is 5. The van der Waals surface area contributed by atoms with Gasteiger partial charge in [0.2, 0.25) is 17.7 Å². The SMILES string of the molecule is CCC(=O)c1cncc(Br)c1.CCc1cncc(-c2cnc(C(C)(C)N3CCN(C[C@@H](O)C[C@@H](Cc4ccccc4)C(=O)N[C@H]4c5ccccc5OC[C@H]4O)[C@H](C(=O)NCC(F)(F)F)C3)o2)c1. The minimum Gasteiger partial charge on any atom is -0.490 e. The number of carbonyl (C=O) groups excluding carboxylic acids is 3. The van der Waals surface area contributed by atoms with Gasteiger partial charge in [-0.2, -0.15) is 13.2 Å². The fourth-order valence-corrected chi connectivity index (χ4v) is 8.52. The highest BCUT2D eigenvalue weighted by Gasteiger charge is 2.43. The van der Waals surface area contributed by atoms with E-state index in [-0.39, 0.29) is 50.8 Å². The largest absolute Gasteiger partial charge is 0.490 e. The molecule has 2 aliphatic heterocycles. The van der Waals surface area contributed by atoms with Crippen LogP contribution in [0.15, 0.2) is 107 Å². The van der Waals surface area contributed by atoms with Gasteiger partial charge in [0.1, 0.15) is 31.0 Å². The van der Waals surface area contributed by atoms with Gasteiger partial charge in [-0.1, -0.05) is 62.4 Å². The van der Waals surface area contributed by atoms with Gasteiger partial charge in [-0.15, -0.1) is 0 Å². The summed E-state index contributed by atoms with van der Waals surface area (Å²) in [4.78, 5) is 54.9. The lowest BCUT2D eigenvalue weighted by Gasteiger charge is -2.46. The number of β-amino-alcohol motifs (C(OH)–C–C–N with tert-alkyl or cyclic N) is 1. The van der Waals surface area contributed by atoms with Crippen LogP contribution in [0, 0.1) is 5.92 Å². The van der Waals surface area contributed by atoms with E-state index in [4.69, 9.17) is 9.15 Å². The average Bonchev–Trinajstić information content (AvgIpc) is 3.83. The number of benzene rings is 2. The van der Waals surface area contributed by atoms with Gasteiger partial charge in [0.25, 0.3) is 0 Å². The van der Waals surface area contributed by atoms with Crippen molar-refractivity contribution in [1.29, 1.82) is 0 Å². The van der Waals surface area contributed by atoms with Gasteiger partial charge >= 0.3 is 6.18 Å². The summed E-state index contributed by atoms with van der Waals surface area (Å²) in [7, 11) is 0. The van der Waals surface area contributed by atoms with Crippen molar-refractivity contribution in [3.63, 3.8) is 0 Å². The maximum absolute atomic E-state index is 14.0. The summed E-state index contributed by atoms with van der Waals surface area (Å²) in [6.07, 6.45) is 3.13. The van der Waals surface area contributed by atoms with E-state index in [9.17, 15) is 37.8 Å². The van der Waals surface area contributed by atoms with Crippen LogP contribution >= 0.6 is 15.9 Å². The van der Waals surface area contributed by atoms with Crippen molar-refractivity contribution in [2.75, 3.05) is 39.3 Å². The highest BCUT2D eigenvalue weighted by molar-refractivity contribution is 9.10. The smallest absolute Gasteiger partial charge is 0.405 e. The zero-order valence-corrected chi connectivity index (χ0v) is 39.5. The molecule has 4 N–H and O–H groups in total. The van der Waals surface area contributed by atoms with E-state index in [1.54, 1.807) is 66.2 Å². The zero-order valence-electron chi connectivity index (χ0n) is 37.9. The maximum atomic E-state index is 14.0. The molecular formula is C49H57BrF3N7O7. The number of hydrogen-bond acceptors (Lipinski definition) is 12. The normalized spacial score (nSPS) is 18.6. The lowest BCUT2D eigenvalue weighted by Crippen LogP contribution is -2.63. The van der Waals surface area contributed by atoms with Crippen LogP contribution < -0.4 is 15.4 Å². The van der Waals surface area contributed by atoms with Crippen molar-refractivity contribution in [3.05, 3.63) is 130 Å². The number of nitrogens with one attached hydrogen (secondary N) is 2. The molecule has 0 unspecified atom stereocenters. The van der Waals surface area contributed by atoms with Crippen LogP contribution in [0.4, 0.5) is 13.2 Å². The van der Waals surface area contributed by atoms with Crippen LogP contribution in [0.2, 0.25) is 0 Å². The van der Waals surface area contributed by atoms with Gasteiger partial charge in [0, 0.05) is 84.5 Å². The molecule has 3 aromatic heterocycles. The molecule has 1 fully saturated rings. The quantitative estimate of drug-likeness (QED) is 0.0756. The minimum atomic E-state index is -4.62. The van der Waals surface area contributed by atoms with Gasteiger partial charge in [0.15, 0.2) is 11.5 Å². The number of aromatic nitrogens is 3. The fourth-order valence-electron chi connectivity index (χ4n) is 8.16. The van der Waals surface area contributed by atoms with Gasteiger partial charge in [-0.25, -0.2) is 4.98 Å². The Kier molecular flexibility index (Phi) is 17.4. The number of halogens is 4. The number of ether oxygens (including phenoxy) is 1. The van der Waals surface area contributed by atoms with Gasteiger partial charge in [-0.05, 0) is 78.4 Å². The Labute approximate surface area is 396 Å². The van der Waals surface area contributed by atoms with E-state index in [1.165, 1.54) is 0 Å². The van der Waals surface area contributed by atoms with Crippen molar-refractivity contribution < 1.29 is 46.9 Å². The number of hydrogen-bond donors (Lipinski definition) is 4. The molecule has 0 radical (unpaired) electrons. The number of aliphatic hydroxyl groups is 2. The first kappa shape index (κ1) is 50.9. The lowest BCUT2D eigenvalue weighted by molar-refractivity contribution is -0.144. The number of aliphatic hydroxyl groups excluding tert-OH is 2. The number of carbonyl (C=O) groups is 3. The molecular weight excluding hydrogens is 935 g/mol. The monoisotopic (exact) mass is 991 g/mol. The third-order valence-corrected chi connectivity index (χ3v) is 12.4. The standard InChI is InChI=1S/C41H49F3N6O6.C8H8BrNO/c1-4-26-16-29(20-45-19-26)35-21-46-39(56-35)40(2,3)50-15-14-49(32(23-50)38(54)47-25-41(42,43)44)22-30(51)18-28(17-27-10-6-5-7-11-27)37(53)48-36-31-12-8-9-13-34(31)55-24-33(36)52;1-2-8(11)6-3-7(9)5-10-4-6/h5-13,16,19-21,28,30,32-33,36,51-52H,4,14-15,17-18,22-25H2,1-3H3,(H,47,54)(H,48,53);3-5H,2H2,1H3/t28-,30+,32+,33-,36+;/m1./s1. The Morgan fingerprint density at radius 2 is 1.67 bits per heavy atom. The Hall–Kier alpha value is -5.53. The van der Waals surface area contributed by atoms with Crippen molar-refractivity contribution >= 4 is 33.5 Å². The highest BCUT2D eigenvalue weighted by Crippen LogP contribution is 2.34. The molecule has 18 heteroatoms. The highest BCUT2D eigenvalue weighted by atomic mass is 79.9. The van der Waals surface area contributed by atoms with E-state index in [0.29, 0.717) is 41.5 Å². The molecule has 2 aromatic carbocycles. The zero-order chi connectivity index (χ0) is 48.3. The van der Waals surface area contributed by atoms with Gasteiger partial charge in [-0.3, -0.25) is 34.2 Å². The summed E-state index contributed by atoms with van der Waals surface area (Å²) in [5.74, 6) is -0.412. The van der Waals surface area contributed by atoms with E-state index >= 15 is 0 Å². The average molecular weight is 993 g/mol. The number of ketones is 1. The third-order valence-electron chi connectivity index (χ3n) is 12.0. The molecule has 5 atom stereocenters. The van der Waals surface area contributed by atoms with Crippen LogP contribution in [0.5, 0.6) is 5.75 Å². The number of alkyl halides is 3. The number of para-hydroxylation sites is 1. The van der Waals surface area contributed by atoms with Crippen molar-refractivity contribution in [2.24, 2.45) is 5.92 Å². The first-order chi connectivity index (χ1) is 31.9. The van der Waals surface area contributed by atoms with Crippen molar-refractivity contribution in [1.82, 2.24) is 35.4 Å². The Balaban J connectivity index is 0.000000591. The molecule has 0 bridgehead atoms. The first-order valence-corrected chi connectivity index (χ1v) is 23.0. The Morgan fingerprint density at radius 1 is 0.940 bits per heavy atom. The van der Waals surface area contributed by atoms with E-state index in [2.05, 4.69) is 36.2 Å². The van der Waals surface area contributed by atoms with Gasteiger partial charge < -0.3 is 30.0 Å². The maximum Gasteiger partial charge on any atom is 0.405 e. The summed E-state index contributed by atoms with van der Waals surface area (Å²) in [6.45, 7) is 6.64. The molecule has 1 saturated heterocycles. The number of rotatable bonds is 16. The molecule has 5 heterocycles. The van der Waals surface area contributed by atoms with Gasteiger partial charge in [0.05, 0.1) is 23.9 Å². The Morgan fingerprint density at radius 3 is 2.39 bits per heavy atom. The predicted molar refractivity (Wildman–Crippen MR) is 248 cm³/mol. The second-order valence-corrected chi connectivity index (χ2v) is 18.1. The number of fused-ring (bicyclic) bond motifs is 1. The second kappa shape index (κ2) is 23.0. The molecule has 7 rings (SSSR count). The topological polar surface area (TPSA) is 183 Å². The summed E-state index contributed by atoms with van der Waals surface area (Å²) in [5, 5.41) is 27.4. The van der Waals surface area contributed by atoms with Crippen LogP contribution in [-0.4, -0.2) is 116 Å². The molecule has 5 aromatic rings. The minimum absolute atomic E-state index is 0.00400. The van der Waals surface area contributed by atoms with Crippen LogP contribution in [-0.2, 0) is 28.0 Å². The molecule has 67 heavy (non-hydrogen) atoms. The lowest BCUT2D eigenvalue weighted by atomic mass is 9.90. The third kappa shape index (κ3) is 13.8. The Bertz CT molecular complexity index is 2440. The number of amides is 2. The molecule has 358 valence electrons. The number of pyridine rings is 2. The molecule has 2 aliphatic rings. The molecule has 0 aliphatic carbocycles. The summed E-state index contributed by atoms with van der Waals surface area (Å²) < 4.78 is 52.5. The number of piperazine rings is 1.